The van der Waals surface area contributed by atoms with Crippen molar-refractivity contribution in [2.75, 3.05) is 33.7 Å². The van der Waals surface area contributed by atoms with Gasteiger partial charge in [0.1, 0.15) is 5.76 Å². The molecule has 3 rings (SSSR count). The molecule has 1 N–H and O–H groups in total. The minimum absolute atomic E-state index is 0.754. The number of nitrogens with zero attached hydrogens (tertiary/aromatic N) is 2. The highest BCUT2D eigenvalue weighted by molar-refractivity contribution is 5.17. The smallest absolute Gasteiger partial charge is 0.122 e. The van der Waals surface area contributed by atoms with Gasteiger partial charge < -0.3 is 14.6 Å². The van der Waals surface area contributed by atoms with Crippen LogP contribution in [0.1, 0.15) is 30.6 Å². The third-order valence-corrected chi connectivity index (χ3v) is 4.47. The van der Waals surface area contributed by atoms with Gasteiger partial charge in [-0.2, -0.15) is 0 Å². The monoisotopic (exact) mass is 277 g/mol. The van der Waals surface area contributed by atoms with Crippen molar-refractivity contribution in [2.45, 2.75) is 38.4 Å². The summed E-state index contributed by atoms with van der Waals surface area (Å²) >= 11 is 0. The molecular formula is C16H27N3O. The summed E-state index contributed by atoms with van der Waals surface area (Å²) in [6.07, 6.45) is 5.83. The van der Waals surface area contributed by atoms with Gasteiger partial charge in [-0.1, -0.05) is 0 Å². The Hall–Kier alpha value is -0.840. The molecule has 1 aliphatic carbocycles. The van der Waals surface area contributed by atoms with Crippen LogP contribution in [-0.2, 0) is 13.1 Å². The fraction of sp³-hybridized carbons (Fsp3) is 0.750. The van der Waals surface area contributed by atoms with Gasteiger partial charge >= 0.3 is 0 Å². The molecule has 2 fully saturated rings. The van der Waals surface area contributed by atoms with Crippen molar-refractivity contribution >= 4 is 0 Å². The van der Waals surface area contributed by atoms with E-state index >= 15 is 0 Å². The van der Waals surface area contributed by atoms with Gasteiger partial charge in [-0.15, -0.1) is 0 Å². The van der Waals surface area contributed by atoms with Crippen molar-refractivity contribution in [1.82, 2.24) is 15.1 Å². The summed E-state index contributed by atoms with van der Waals surface area (Å²) < 4.78 is 5.68. The van der Waals surface area contributed by atoms with Gasteiger partial charge in [-0.05, 0) is 51.9 Å². The molecule has 0 aromatic carbocycles. The molecule has 112 valence electrons. The first kappa shape index (κ1) is 14.1. The number of hydrogen-bond donors (Lipinski definition) is 1. The highest BCUT2D eigenvalue weighted by Gasteiger charge is 2.23. The van der Waals surface area contributed by atoms with Gasteiger partial charge in [-0.25, -0.2) is 0 Å². The van der Waals surface area contributed by atoms with Crippen LogP contribution in [0.2, 0.25) is 0 Å². The molecule has 2 heterocycles. The van der Waals surface area contributed by atoms with Crippen LogP contribution in [0.15, 0.2) is 16.7 Å². The maximum atomic E-state index is 5.68. The Morgan fingerprint density at radius 1 is 1.40 bits per heavy atom. The summed E-state index contributed by atoms with van der Waals surface area (Å²) in [6, 6.07) is 2.87. The molecule has 4 heteroatoms. The van der Waals surface area contributed by atoms with E-state index < -0.39 is 0 Å². The second-order valence-corrected chi connectivity index (χ2v) is 6.64. The van der Waals surface area contributed by atoms with E-state index in [4.69, 9.17) is 4.42 Å². The molecule has 1 saturated carbocycles. The lowest BCUT2D eigenvalue weighted by atomic mass is 10.1. The molecule has 1 unspecified atom stereocenters. The summed E-state index contributed by atoms with van der Waals surface area (Å²) in [5.41, 5.74) is 1.33. The zero-order valence-electron chi connectivity index (χ0n) is 12.8. The van der Waals surface area contributed by atoms with E-state index in [1.807, 2.05) is 6.26 Å². The average molecular weight is 277 g/mol. The average Bonchev–Trinajstić information content (AvgIpc) is 3.01. The van der Waals surface area contributed by atoms with E-state index in [0.717, 1.165) is 30.8 Å². The second-order valence-electron chi connectivity index (χ2n) is 6.64. The van der Waals surface area contributed by atoms with Gasteiger partial charge in [0, 0.05) is 31.2 Å². The maximum Gasteiger partial charge on any atom is 0.122 e. The van der Waals surface area contributed by atoms with Crippen LogP contribution < -0.4 is 5.32 Å². The lowest BCUT2D eigenvalue weighted by Gasteiger charge is -2.20. The normalized spacial score (nSPS) is 23.9. The molecule has 2 aliphatic rings. The Balaban J connectivity index is 1.47. The topological polar surface area (TPSA) is 31.6 Å². The van der Waals surface area contributed by atoms with Gasteiger partial charge in [0.05, 0.1) is 12.8 Å². The molecule has 1 atom stereocenters. The van der Waals surface area contributed by atoms with E-state index in [-0.39, 0.29) is 0 Å². The van der Waals surface area contributed by atoms with E-state index in [1.165, 1.54) is 44.5 Å². The Bertz CT molecular complexity index is 427. The third kappa shape index (κ3) is 3.84. The van der Waals surface area contributed by atoms with Crippen molar-refractivity contribution in [3.8, 4) is 0 Å². The SMILES string of the molecule is CN1CCC(CN(C)Cc2occc2CNC2CC2)C1. The Morgan fingerprint density at radius 2 is 2.25 bits per heavy atom. The van der Waals surface area contributed by atoms with Crippen molar-refractivity contribution < 1.29 is 4.42 Å². The lowest BCUT2D eigenvalue weighted by Crippen LogP contribution is -2.27. The number of furan rings is 1. The summed E-state index contributed by atoms with van der Waals surface area (Å²) in [4.78, 5) is 4.83. The van der Waals surface area contributed by atoms with E-state index in [0.29, 0.717) is 0 Å². The first-order valence-corrected chi connectivity index (χ1v) is 7.86. The minimum atomic E-state index is 0.754. The van der Waals surface area contributed by atoms with Crippen LogP contribution in [0, 0.1) is 5.92 Å². The molecule has 4 nitrogen and oxygen atoms in total. The van der Waals surface area contributed by atoms with Crippen molar-refractivity contribution in [3.63, 3.8) is 0 Å². The summed E-state index contributed by atoms with van der Waals surface area (Å²) in [6.45, 7) is 5.53. The number of rotatable bonds is 7. The summed E-state index contributed by atoms with van der Waals surface area (Å²) in [7, 11) is 4.42. The van der Waals surface area contributed by atoms with Crippen molar-refractivity contribution in [3.05, 3.63) is 23.7 Å². The van der Waals surface area contributed by atoms with E-state index in [1.54, 1.807) is 0 Å². The van der Waals surface area contributed by atoms with Crippen LogP contribution in [-0.4, -0.2) is 49.6 Å². The molecule has 0 bridgehead atoms. The van der Waals surface area contributed by atoms with Crippen LogP contribution in [0.4, 0.5) is 0 Å². The van der Waals surface area contributed by atoms with Gasteiger partial charge in [-0.3, -0.25) is 4.90 Å². The Morgan fingerprint density at radius 3 is 2.95 bits per heavy atom. The van der Waals surface area contributed by atoms with Gasteiger partial charge in [0.25, 0.3) is 0 Å². The van der Waals surface area contributed by atoms with E-state index in [2.05, 4.69) is 35.3 Å². The van der Waals surface area contributed by atoms with Crippen molar-refractivity contribution in [1.29, 1.82) is 0 Å². The first-order valence-electron chi connectivity index (χ1n) is 7.86. The predicted molar refractivity (Wildman–Crippen MR) is 80.5 cm³/mol. The lowest BCUT2D eigenvalue weighted by molar-refractivity contribution is 0.247. The highest BCUT2D eigenvalue weighted by atomic mass is 16.3. The van der Waals surface area contributed by atoms with Crippen LogP contribution in [0.5, 0.6) is 0 Å². The Kier molecular flexibility index (Phi) is 4.44. The third-order valence-electron chi connectivity index (χ3n) is 4.47. The quantitative estimate of drug-likeness (QED) is 0.825. The van der Waals surface area contributed by atoms with Crippen LogP contribution >= 0.6 is 0 Å². The van der Waals surface area contributed by atoms with Crippen LogP contribution in [0.3, 0.4) is 0 Å². The molecule has 1 aromatic rings. The molecule has 0 amide bonds. The summed E-state index contributed by atoms with van der Waals surface area (Å²) in [5.74, 6) is 1.94. The zero-order chi connectivity index (χ0) is 13.9. The fourth-order valence-electron chi connectivity index (χ4n) is 3.13. The number of nitrogens with one attached hydrogen (secondary N) is 1. The van der Waals surface area contributed by atoms with Gasteiger partial charge in [0.15, 0.2) is 0 Å². The number of hydrogen-bond acceptors (Lipinski definition) is 4. The van der Waals surface area contributed by atoms with E-state index in [9.17, 15) is 0 Å². The Labute approximate surface area is 122 Å². The maximum absolute atomic E-state index is 5.68. The molecule has 0 radical (unpaired) electrons. The second kappa shape index (κ2) is 6.29. The largest absolute Gasteiger partial charge is 0.468 e. The molecule has 1 aliphatic heterocycles. The molecular weight excluding hydrogens is 250 g/mol. The van der Waals surface area contributed by atoms with Crippen LogP contribution in [0.25, 0.3) is 0 Å². The highest BCUT2D eigenvalue weighted by Crippen LogP contribution is 2.21. The summed E-state index contributed by atoms with van der Waals surface area (Å²) in [5, 5.41) is 3.57. The first-order chi connectivity index (χ1) is 9.70. The minimum Gasteiger partial charge on any atom is -0.468 e. The zero-order valence-corrected chi connectivity index (χ0v) is 12.8. The molecule has 1 aromatic heterocycles. The molecule has 20 heavy (non-hydrogen) atoms. The number of likely N-dealkylation sites (tertiary alicyclic amines) is 1. The van der Waals surface area contributed by atoms with Gasteiger partial charge in [0.2, 0.25) is 0 Å². The molecule has 0 spiro atoms. The predicted octanol–water partition coefficient (Wildman–Crippen LogP) is 1.92. The fourth-order valence-corrected chi connectivity index (χ4v) is 3.13. The van der Waals surface area contributed by atoms with Crippen molar-refractivity contribution in [2.24, 2.45) is 5.92 Å². The standard InChI is InChI=1S/C16H27N3O/c1-18-7-5-13(10-18)11-19(2)12-16-14(6-8-20-16)9-17-15-3-4-15/h6,8,13,15,17H,3-5,7,9-12H2,1-2H3. The molecule has 1 saturated heterocycles.